The average molecular weight is 500 g/mol. The molecule has 0 radical (unpaired) electrons. The lowest BCUT2D eigenvalue weighted by Gasteiger charge is -2.30. The van der Waals surface area contributed by atoms with E-state index in [0.717, 1.165) is 39.4 Å². The highest BCUT2D eigenvalue weighted by Gasteiger charge is 2.27. The molecule has 0 bridgehead atoms. The van der Waals surface area contributed by atoms with Crippen LogP contribution in [0.4, 0.5) is 4.39 Å². The lowest BCUT2D eigenvalue weighted by Crippen LogP contribution is -2.26. The summed E-state index contributed by atoms with van der Waals surface area (Å²) < 4.78 is 31.0. The maximum Gasteiger partial charge on any atom is 0.123 e. The van der Waals surface area contributed by atoms with Crippen LogP contribution < -0.4 is 4.74 Å². The van der Waals surface area contributed by atoms with Crippen molar-refractivity contribution in [1.82, 2.24) is 4.98 Å². The SMILES string of the molecule is CCOC[C@@H](OC(C)(C)C)c1c(C)nc(C)c(-c2ccc(OCCc3ccc(F)cc3)cc2)c1Cl. The summed E-state index contributed by atoms with van der Waals surface area (Å²) in [6, 6.07) is 14.3. The average Bonchev–Trinajstić information content (AvgIpc) is 2.78. The number of pyridine rings is 1. The largest absolute Gasteiger partial charge is 0.493 e. The van der Waals surface area contributed by atoms with Crippen molar-refractivity contribution in [3.8, 4) is 16.9 Å². The fourth-order valence-electron chi connectivity index (χ4n) is 4.01. The Balaban J connectivity index is 1.82. The normalized spacial score (nSPS) is 12.6. The van der Waals surface area contributed by atoms with E-state index in [1.165, 1.54) is 12.1 Å². The molecule has 0 fully saturated rings. The summed E-state index contributed by atoms with van der Waals surface area (Å²) in [5, 5.41) is 0.633. The van der Waals surface area contributed by atoms with E-state index in [0.29, 0.717) is 31.3 Å². The summed E-state index contributed by atoms with van der Waals surface area (Å²) >= 11 is 7.03. The van der Waals surface area contributed by atoms with E-state index in [2.05, 4.69) is 0 Å². The molecular formula is C29H35ClFNO3. The molecule has 0 amide bonds. The quantitative estimate of drug-likeness (QED) is 0.287. The van der Waals surface area contributed by atoms with Crippen LogP contribution in [-0.2, 0) is 15.9 Å². The summed E-state index contributed by atoms with van der Waals surface area (Å²) in [6.45, 7) is 13.4. The first-order valence-electron chi connectivity index (χ1n) is 12.0. The Kier molecular flexibility index (Phi) is 9.28. The summed E-state index contributed by atoms with van der Waals surface area (Å²) in [4.78, 5) is 4.80. The summed E-state index contributed by atoms with van der Waals surface area (Å²) in [7, 11) is 0. The Hall–Kier alpha value is -2.47. The van der Waals surface area contributed by atoms with Crippen molar-refractivity contribution in [1.29, 1.82) is 0 Å². The molecule has 1 aromatic heterocycles. The van der Waals surface area contributed by atoms with Gasteiger partial charge in [0.2, 0.25) is 0 Å². The van der Waals surface area contributed by atoms with Gasteiger partial charge < -0.3 is 14.2 Å². The van der Waals surface area contributed by atoms with Crippen molar-refractivity contribution in [2.24, 2.45) is 0 Å². The van der Waals surface area contributed by atoms with Crippen molar-refractivity contribution in [2.45, 2.75) is 59.7 Å². The van der Waals surface area contributed by atoms with Crippen LogP contribution in [0.3, 0.4) is 0 Å². The summed E-state index contributed by atoms with van der Waals surface area (Å²) in [5.74, 6) is 0.525. The van der Waals surface area contributed by atoms with Gasteiger partial charge in [0.25, 0.3) is 0 Å². The smallest absolute Gasteiger partial charge is 0.123 e. The van der Waals surface area contributed by atoms with Crippen LogP contribution in [0.15, 0.2) is 48.5 Å². The maximum absolute atomic E-state index is 13.1. The van der Waals surface area contributed by atoms with Crippen LogP contribution in [0.5, 0.6) is 5.75 Å². The molecule has 35 heavy (non-hydrogen) atoms. The third-order valence-electron chi connectivity index (χ3n) is 5.55. The van der Waals surface area contributed by atoms with Crippen LogP contribution in [0.25, 0.3) is 11.1 Å². The van der Waals surface area contributed by atoms with E-state index in [4.69, 9.17) is 30.8 Å². The highest BCUT2D eigenvalue weighted by atomic mass is 35.5. The second-order valence-corrected chi connectivity index (χ2v) is 9.89. The number of aromatic nitrogens is 1. The van der Waals surface area contributed by atoms with Crippen LogP contribution >= 0.6 is 11.6 Å². The van der Waals surface area contributed by atoms with Gasteiger partial charge in [0, 0.05) is 35.5 Å². The Morgan fingerprint density at radius 3 is 2.23 bits per heavy atom. The highest BCUT2D eigenvalue weighted by Crippen LogP contribution is 2.40. The number of benzene rings is 2. The number of hydrogen-bond acceptors (Lipinski definition) is 4. The zero-order valence-electron chi connectivity index (χ0n) is 21.5. The number of ether oxygens (including phenoxy) is 3. The Morgan fingerprint density at radius 2 is 1.63 bits per heavy atom. The first-order chi connectivity index (χ1) is 16.6. The molecule has 0 unspecified atom stereocenters. The van der Waals surface area contributed by atoms with Gasteiger partial charge in [0.05, 0.1) is 23.8 Å². The van der Waals surface area contributed by atoms with E-state index in [9.17, 15) is 4.39 Å². The van der Waals surface area contributed by atoms with Gasteiger partial charge in [-0.3, -0.25) is 4.98 Å². The van der Waals surface area contributed by atoms with Crippen molar-refractivity contribution >= 4 is 11.6 Å². The molecular weight excluding hydrogens is 465 g/mol. The van der Waals surface area contributed by atoms with Crippen LogP contribution in [0.1, 0.15) is 56.3 Å². The fourth-order valence-corrected chi connectivity index (χ4v) is 4.52. The molecule has 4 nitrogen and oxygen atoms in total. The zero-order chi connectivity index (χ0) is 25.6. The van der Waals surface area contributed by atoms with Crippen molar-refractivity contribution < 1.29 is 18.6 Å². The number of halogens is 2. The predicted molar refractivity (Wildman–Crippen MR) is 140 cm³/mol. The third-order valence-corrected chi connectivity index (χ3v) is 5.94. The molecule has 188 valence electrons. The van der Waals surface area contributed by atoms with E-state index >= 15 is 0 Å². The fraction of sp³-hybridized carbons (Fsp3) is 0.414. The van der Waals surface area contributed by atoms with Crippen LogP contribution in [0, 0.1) is 19.7 Å². The number of hydrogen-bond donors (Lipinski definition) is 0. The summed E-state index contributed by atoms with van der Waals surface area (Å²) in [6.07, 6.45) is 0.371. The Labute approximate surface area is 213 Å². The van der Waals surface area contributed by atoms with Gasteiger partial charge in [-0.15, -0.1) is 0 Å². The Bertz CT molecular complexity index is 1110. The predicted octanol–water partition coefficient (Wildman–Crippen LogP) is 7.67. The third kappa shape index (κ3) is 7.50. The molecule has 0 aliphatic carbocycles. The van der Waals surface area contributed by atoms with Crippen LogP contribution in [-0.4, -0.2) is 30.4 Å². The molecule has 3 aromatic rings. The van der Waals surface area contributed by atoms with E-state index < -0.39 is 0 Å². The lowest BCUT2D eigenvalue weighted by atomic mass is 9.97. The first-order valence-corrected chi connectivity index (χ1v) is 12.4. The molecule has 0 saturated carbocycles. The van der Waals surface area contributed by atoms with E-state index in [1.807, 2.05) is 65.8 Å². The Morgan fingerprint density at radius 1 is 0.971 bits per heavy atom. The molecule has 2 aromatic carbocycles. The van der Waals surface area contributed by atoms with Crippen LogP contribution in [0.2, 0.25) is 5.02 Å². The minimum Gasteiger partial charge on any atom is -0.493 e. The molecule has 1 heterocycles. The number of nitrogens with zero attached hydrogens (tertiary/aromatic N) is 1. The molecule has 0 saturated heterocycles. The first kappa shape index (κ1) is 27.1. The van der Waals surface area contributed by atoms with Gasteiger partial charge >= 0.3 is 0 Å². The minimum absolute atomic E-state index is 0.234. The molecule has 6 heteroatoms. The lowest BCUT2D eigenvalue weighted by molar-refractivity contribution is -0.0940. The second kappa shape index (κ2) is 12.0. The van der Waals surface area contributed by atoms with Crippen molar-refractivity contribution in [3.05, 3.63) is 81.9 Å². The van der Waals surface area contributed by atoms with Gasteiger partial charge in [-0.1, -0.05) is 35.9 Å². The van der Waals surface area contributed by atoms with E-state index in [-0.39, 0.29) is 17.5 Å². The van der Waals surface area contributed by atoms with Gasteiger partial charge in [-0.25, -0.2) is 4.39 Å². The molecule has 0 aliphatic rings. The number of aryl methyl sites for hydroxylation is 2. The maximum atomic E-state index is 13.1. The zero-order valence-corrected chi connectivity index (χ0v) is 22.2. The highest BCUT2D eigenvalue weighted by molar-refractivity contribution is 6.34. The van der Waals surface area contributed by atoms with Crippen molar-refractivity contribution in [2.75, 3.05) is 19.8 Å². The van der Waals surface area contributed by atoms with Gasteiger partial charge in [0.1, 0.15) is 17.7 Å². The monoisotopic (exact) mass is 499 g/mol. The van der Waals surface area contributed by atoms with Gasteiger partial charge in [-0.2, -0.15) is 0 Å². The van der Waals surface area contributed by atoms with E-state index in [1.54, 1.807) is 12.1 Å². The molecule has 3 rings (SSSR count). The number of rotatable bonds is 10. The van der Waals surface area contributed by atoms with Gasteiger partial charge in [-0.05, 0) is 76.9 Å². The molecule has 0 spiro atoms. The molecule has 0 N–H and O–H groups in total. The molecule has 0 aliphatic heterocycles. The second-order valence-electron chi connectivity index (χ2n) is 9.51. The minimum atomic E-state index is -0.366. The molecule has 1 atom stereocenters. The van der Waals surface area contributed by atoms with Gasteiger partial charge in [0.15, 0.2) is 0 Å². The standard InChI is InChI=1S/C29H35ClFNO3/c1-7-33-18-25(35-29(4,5)6)27-20(3)32-19(2)26(28(27)30)22-10-14-24(15-11-22)34-17-16-21-8-12-23(31)13-9-21/h8-15,25H,7,16-18H2,1-6H3/t25-/m1/s1. The summed E-state index contributed by atoms with van der Waals surface area (Å²) in [5.41, 5.74) is 5.05. The topological polar surface area (TPSA) is 40.6 Å². The van der Waals surface area contributed by atoms with Crippen molar-refractivity contribution in [3.63, 3.8) is 0 Å².